The van der Waals surface area contributed by atoms with Gasteiger partial charge in [0, 0.05) is 12.6 Å². The monoisotopic (exact) mass is 460 g/mol. The second-order valence-corrected chi connectivity index (χ2v) is 9.85. The molecule has 1 aliphatic carbocycles. The van der Waals surface area contributed by atoms with Crippen LogP contribution in [0.4, 0.5) is 0 Å². The highest BCUT2D eigenvalue weighted by atomic mass is 32.2. The van der Waals surface area contributed by atoms with E-state index in [4.69, 9.17) is 14.2 Å². The Morgan fingerprint density at radius 2 is 1.78 bits per heavy atom. The lowest BCUT2D eigenvalue weighted by Crippen LogP contribution is -2.43. The van der Waals surface area contributed by atoms with Crippen LogP contribution >= 0.6 is 0 Å². The summed E-state index contributed by atoms with van der Waals surface area (Å²) in [5, 5.41) is 3.04. The van der Waals surface area contributed by atoms with Gasteiger partial charge < -0.3 is 19.5 Å². The topological polar surface area (TPSA) is 103 Å². The number of fused-ring (bicyclic) bond motifs is 1. The summed E-state index contributed by atoms with van der Waals surface area (Å²) in [4.78, 5) is 12.5. The van der Waals surface area contributed by atoms with Crippen LogP contribution in [-0.2, 0) is 21.4 Å². The van der Waals surface area contributed by atoms with Gasteiger partial charge in [-0.05, 0) is 61.7 Å². The number of hydrogen-bond acceptors (Lipinski definition) is 6. The summed E-state index contributed by atoms with van der Waals surface area (Å²) in [5.41, 5.74) is 0.760. The summed E-state index contributed by atoms with van der Waals surface area (Å²) in [6.45, 7) is 1.98. The molecule has 4 rings (SSSR count). The van der Waals surface area contributed by atoms with Crippen molar-refractivity contribution in [3.8, 4) is 17.2 Å². The molecule has 0 unspecified atom stereocenters. The van der Waals surface area contributed by atoms with Crippen molar-refractivity contribution in [1.29, 1.82) is 0 Å². The highest BCUT2D eigenvalue weighted by Gasteiger charge is 2.21. The number of amides is 1. The molecule has 2 aliphatic rings. The van der Waals surface area contributed by atoms with Gasteiger partial charge in [-0.1, -0.05) is 25.3 Å². The van der Waals surface area contributed by atoms with Gasteiger partial charge in [-0.15, -0.1) is 0 Å². The molecule has 1 saturated carbocycles. The van der Waals surface area contributed by atoms with Crippen molar-refractivity contribution in [2.45, 2.75) is 62.6 Å². The Morgan fingerprint density at radius 1 is 1.06 bits per heavy atom. The zero-order valence-electron chi connectivity index (χ0n) is 18.0. The normalized spacial score (nSPS) is 17.0. The fourth-order valence-corrected chi connectivity index (χ4v) is 4.85. The van der Waals surface area contributed by atoms with Crippen LogP contribution in [0.1, 0.15) is 44.6 Å². The smallest absolute Gasteiger partial charge is 0.260 e. The van der Waals surface area contributed by atoms with Gasteiger partial charge >= 0.3 is 0 Å². The molecule has 0 radical (unpaired) electrons. The molecule has 2 aromatic rings. The zero-order chi connectivity index (χ0) is 22.6. The molecule has 1 amide bonds. The third-order valence-electron chi connectivity index (χ3n) is 5.67. The molecule has 1 atom stereocenters. The van der Waals surface area contributed by atoms with Gasteiger partial charge in [-0.3, -0.25) is 4.79 Å². The summed E-state index contributed by atoms with van der Waals surface area (Å²) >= 11 is 0. The molecule has 0 saturated heterocycles. The molecule has 0 aromatic heterocycles. The van der Waals surface area contributed by atoms with Crippen LogP contribution in [0.3, 0.4) is 0 Å². The van der Waals surface area contributed by atoms with E-state index in [9.17, 15) is 13.2 Å². The van der Waals surface area contributed by atoms with Crippen LogP contribution in [0.25, 0.3) is 0 Å². The minimum Gasteiger partial charge on any atom is -0.481 e. The highest BCUT2D eigenvalue weighted by Crippen LogP contribution is 2.32. The van der Waals surface area contributed by atoms with Gasteiger partial charge in [-0.25, -0.2) is 13.1 Å². The number of ether oxygens (including phenoxy) is 3. The number of rotatable bonds is 8. The number of nitrogens with one attached hydrogen (secondary N) is 2. The quantitative estimate of drug-likeness (QED) is 0.628. The fourth-order valence-electron chi connectivity index (χ4n) is 3.83. The average Bonchev–Trinajstić information content (AvgIpc) is 3.27. The summed E-state index contributed by atoms with van der Waals surface area (Å²) in [7, 11) is -3.71. The minimum atomic E-state index is -3.71. The SMILES string of the molecule is C[C@H](Oc1ccc(S(=O)(=O)NCc2ccc3c(c2)OCO3)cc1)C(=O)NC1CCCCC1. The Balaban J connectivity index is 1.31. The van der Waals surface area contributed by atoms with Gasteiger partial charge in [-0.2, -0.15) is 0 Å². The number of benzene rings is 2. The second kappa shape index (κ2) is 9.79. The number of carbonyl (C=O) groups is 1. The van der Waals surface area contributed by atoms with Crippen molar-refractivity contribution in [2.24, 2.45) is 0 Å². The lowest BCUT2D eigenvalue weighted by molar-refractivity contribution is -0.128. The third kappa shape index (κ3) is 5.52. The predicted octanol–water partition coefficient (Wildman–Crippen LogP) is 3.11. The predicted molar refractivity (Wildman–Crippen MR) is 118 cm³/mol. The molecular weight excluding hydrogens is 432 g/mol. The van der Waals surface area contributed by atoms with Gasteiger partial charge in [0.1, 0.15) is 5.75 Å². The van der Waals surface area contributed by atoms with Crippen LogP contribution in [0, 0.1) is 0 Å². The van der Waals surface area contributed by atoms with Crippen molar-refractivity contribution >= 4 is 15.9 Å². The Labute approximate surface area is 188 Å². The van der Waals surface area contributed by atoms with Crippen molar-refractivity contribution in [1.82, 2.24) is 10.0 Å². The molecule has 1 aliphatic heterocycles. The first-order valence-electron chi connectivity index (χ1n) is 10.9. The lowest BCUT2D eigenvalue weighted by Gasteiger charge is -2.24. The Hall–Kier alpha value is -2.78. The van der Waals surface area contributed by atoms with Crippen LogP contribution in [0.2, 0.25) is 0 Å². The van der Waals surface area contributed by atoms with E-state index in [0.717, 1.165) is 31.2 Å². The maximum Gasteiger partial charge on any atom is 0.260 e. The summed E-state index contributed by atoms with van der Waals surface area (Å²) in [6, 6.07) is 11.5. The van der Waals surface area contributed by atoms with Gasteiger partial charge in [0.05, 0.1) is 4.90 Å². The number of sulfonamides is 1. The van der Waals surface area contributed by atoms with Crippen LogP contribution in [0.5, 0.6) is 17.2 Å². The van der Waals surface area contributed by atoms with Crippen LogP contribution in [0.15, 0.2) is 47.4 Å². The number of hydrogen-bond donors (Lipinski definition) is 2. The molecule has 2 aromatic carbocycles. The highest BCUT2D eigenvalue weighted by molar-refractivity contribution is 7.89. The molecule has 0 spiro atoms. The number of carbonyl (C=O) groups excluding carboxylic acids is 1. The molecular formula is C23H28N2O6S. The lowest BCUT2D eigenvalue weighted by atomic mass is 9.95. The largest absolute Gasteiger partial charge is 0.481 e. The molecule has 8 nitrogen and oxygen atoms in total. The first-order valence-corrected chi connectivity index (χ1v) is 12.3. The first-order chi connectivity index (χ1) is 15.4. The van der Waals surface area contributed by atoms with E-state index in [0.29, 0.717) is 17.2 Å². The maximum absolute atomic E-state index is 12.6. The maximum atomic E-state index is 12.6. The van der Waals surface area contributed by atoms with Crippen molar-refractivity contribution < 1.29 is 27.4 Å². The minimum absolute atomic E-state index is 0.116. The first kappa shape index (κ1) is 22.4. The van der Waals surface area contributed by atoms with E-state index in [1.807, 2.05) is 0 Å². The molecule has 172 valence electrons. The van der Waals surface area contributed by atoms with E-state index in [2.05, 4.69) is 10.0 Å². The van der Waals surface area contributed by atoms with Crippen molar-refractivity contribution in [2.75, 3.05) is 6.79 Å². The molecule has 2 N–H and O–H groups in total. The Bertz CT molecular complexity index is 1050. The van der Waals surface area contributed by atoms with E-state index in [1.165, 1.54) is 18.6 Å². The van der Waals surface area contributed by atoms with Crippen molar-refractivity contribution in [3.05, 3.63) is 48.0 Å². The van der Waals surface area contributed by atoms with E-state index >= 15 is 0 Å². The van der Waals surface area contributed by atoms with Crippen molar-refractivity contribution in [3.63, 3.8) is 0 Å². The van der Waals surface area contributed by atoms with Gasteiger partial charge in [0.25, 0.3) is 5.91 Å². The average molecular weight is 461 g/mol. The van der Waals surface area contributed by atoms with Crippen LogP contribution < -0.4 is 24.2 Å². The molecule has 32 heavy (non-hydrogen) atoms. The Morgan fingerprint density at radius 3 is 2.53 bits per heavy atom. The van der Waals surface area contributed by atoms with E-state index in [1.54, 1.807) is 37.3 Å². The summed E-state index contributed by atoms with van der Waals surface area (Å²) in [6.07, 6.45) is 4.84. The summed E-state index contributed by atoms with van der Waals surface area (Å²) in [5.74, 6) is 1.53. The molecule has 0 bridgehead atoms. The van der Waals surface area contributed by atoms with Crippen LogP contribution in [-0.4, -0.2) is 33.3 Å². The van der Waals surface area contributed by atoms with Gasteiger partial charge in [0.2, 0.25) is 16.8 Å². The molecule has 9 heteroatoms. The van der Waals surface area contributed by atoms with Gasteiger partial charge in [0.15, 0.2) is 17.6 Å². The summed E-state index contributed by atoms with van der Waals surface area (Å²) < 4.78 is 44.1. The molecule has 1 heterocycles. The van der Waals surface area contributed by atoms with E-state index in [-0.39, 0.29) is 30.2 Å². The third-order valence-corrected chi connectivity index (χ3v) is 7.09. The van der Waals surface area contributed by atoms with E-state index < -0.39 is 16.1 Å². The molecule has 1 fully saturated rings. The second-order valence-electron chi connectivity index (χ2n) is 8.09. The standard InChI is InChI=1S/C23H28N2O6S/c1-16(23(26)25-18-5-3-2-4-6-18)31-19-8-10-20(11-9-19)32(27,28)24-14-17-7-12-21-22(13-17)30-15-29-21/h7-13,16,18,24H,2-6,14-15H2,1H3,(H,25,26)/t16-/m0/s1. The fraction of sp³-hybridized carbons (Fsp3) is 0.435. The Kier molecular flexibility index (Phi) is 6.86. The zero-order valence-corrected chi connectivity index (χ0v) is 18.8.